The fourth-order valence-corrected chi connectivity index (χ4v) is 3.94. The number of carbonyl (C=O) groups is 1. The van der Waals surface area contributed by atoms with Crippen LogP contribution in [-0.2, 0) is 4.79 Å². The first-order chi connectivity index (χ1) is 11.0. The molecule has 2 aliphatic rings. The van der Waals surface area contributed by atoms with Gasteiger partial charge in [0.1, 0.15) is 0 Å². The van der Waals surface area contributed by atoms with E-state index in [4.69, 9.17) is 17.3 Å². The first-order valence-corrected chi connectivity index (χ1v) is 9.00. The van der Waals surface area contributed by atoms with E-state index < -0.39 is 5.54 Å². The Morgan fingerprint density at radius 3 is 2.78 bits per heavy atom. The minimum atomic E-state index is -0.727. The Morgan fingerprint density at radius 1 is 1.35 bits per heavy atom. The number of rotatable bonds is 3. The summed E-state index contributed by atoms with van der Waals surface area (Å²) in [5.41, 5.74) is 7.39. The Bertz CT molecular complexity index is 584. The highest BCUT2D eigenvalue weighted by atomic mass is 35.5. The van der Waals surface area contributed by atoms with E-state index in [1.807, 2.05) is 18.2 Å². The number of amides is 1. The molecule has 1 aliphatic carbocycles. The number of nitrogens with two attached hydrogens (primary N) is 1. The molecule has 1 saturated carbocycles. The quantitative estimate of drug-likeness (QED) is 0.883. The number of hydrogen-bond donors (Lipinski definition) is 2. The van der Waals surface area contributed by atoms with Gasteiger partial charge in [-0.05, 0) is 49.8 Å². The van der Waals surface area contributed by atoms with Crippen molar-refractivity contribution in [1.82, 2.24) is 0 Å². The Balaban J connectivity index is 1.83. The Kier molecular flexibility index (Phi) is 4.83. The molecule has 1 aliphatic heterocycles. The monoisotopic (exact) mass is 335 g/mol. The Labute approximate surface area is 143 Å². The van der Waals surface area contributed by atoms with Crippen LogP contribution in [0.25, 0.3) is 0 Å². The van der Waals surface area contributed by atoms with E-state index >= 15 is 0 Å². The molecule has 1 saturated heterocycles. The lowest BCUT2D eigenvalue weighted by atomic mass is 9.97. The van der Waals surface area contributed by atoms with Crippen LogP contribution in [0.3, 0.4) is 0 Å². The summed E-state index contributed by atoms with van der Waals surface area (Å²) in [6, 6.07) is 5.74. The predicted molar refractivity (Wildman–Crippen MR) is 96.1 cm³/mol. The van der Waals surface area contributed by atoms with Crippen molar-refractivity contribution >= 4 is 28.9 Å². The van der Waals surface area contributed by atoms with Crippen LogP contribution in [0, 0.1) is 5.92 Å². The SMILES string of the molecule is CC1CCCN(c2ccc(Cl)cc2NC(=O)C2(N)CCCC2)C1. The fraction of sp³-hybridized carbons (Fsp3) is 0.611. The first-order valence-electron chi connectivity index (χ1n) is 8.63. The molecule has 0 radical (unpaired) electrons. The molecule has 1 unspecified atom stereocenters. The number of piperidine rings is 1. The molecule has 23 heavy (non-hydrogen) atoms. The van der Waals surface area contributed by atoms with E-state index in [9.17, 15) is 4.79 Å². The molecule has 1 atom stereocenters. The second-order valence-corrected chi connectivity index (χ2v) is 7.61. The van der Waals surface area contributed by atoms with E-state index in [1.54, 1.807) is 0 Å². The van der Waals surface area contributed by atoms with Gasteiger partial charge in [0.15, 0.2) is 0 Å². The van der Waals surface area contributed by atoms with Crippen molar-refractivity contribution in [1.29, 1.82) is 0 Å². The lowest BCUT2D eigenvalue weighted by molar-refractivity contribution is -0.120. The number of anilines is 2. The van der Waals surface area contributed by atoms with Gasteiger partial charge in [-0.25, -0.2) is 0 Å². The molecule has 1 aromatic rings. The average molecular weight is 336 g/mol. The predicted octanol–water partition coefficient (Wildman–Crippen LogP) is 3.79. The zero-order chi connectivity index (χ0) is 16.4. The first kappa shape index (κ1) is 16.6. The normalized spacial score (nSPS) is 23.8. The molecule has 1 heterocycles. The highest BCUT2D eigenvalue weighted by molar-refractivity contribution is 6.31. The maximum Gasteiger partial charge on any atom is 0.244 e. The lowest BCUT2D eigenvalue weighted by Crippen LogP contribution is -2.49. The van der Waals surface area contributed by atoms with Crippen LogP contribution in [0.2, 0.25) is 5.02 Å². The van der Waals surface area contributed by atoms with Crippen LogP contribution in [0.15, 0.2) is 18.2 Å². The number of benzene rings is 1. The van der Waals surface area contributed by atoms with Crippen molar-refractivity contribution in [2.24, 2.45) is 11.7 Å². The smallest absolute Gasteiger partial charge is 0.244 e. The van der Waals surface area contributed by atoms with Gasteiger partial charge in [0.05, 0.1) is 16.9 Å². The van der Waals surface area contributed by atoms with E-state index in [2.05, 4.69) is 17.1 Å². The molecule has 0 aromatic heterocycles. The third-order valence-electron chi connectivity index (χ3n) is 5.15. The van der Waals surface area contributed by atoms with Gasteiger partial charge in [-0.15, -0.1) is 0 Å². The molecular weight excluding hydrogens is 310 g/mol. The van der Waals surface area contributed by atoms with Gasteiger partial charge in [-0.1, -0.05) is 31.4 Å². The summed E-state index contributed by atoms with van der Waals surface area (Å²) in [6.45, 7) is 4.30. The molecule has 1 aromatic carbocycles. The Hall–Kier alpha value is -1.26. The van der Waals surface area contributed by atoms with E-state index in [0.29, 0.717) is 10.9 Å². The van der Waals surface area contributed by atoms with Crippen LogP contribution < -0.4 is 16.0 Å². The largest absolute Gasteiger partial charge is 0.370 e. The van der Waals surface area contributed by atoms with E-state index in [1.165, 1.54) is 12.8 Å². The summed E-state index contributed by atoms with van der Waals surface area (Å²) in [5, 5.41) is 3.69. The van der Waals surface area contributed by atoms with Gasteiger partial charge in [-0.2, -0.15) is 0 Å². The number of carbonyl (C=O) groups excluding carboxylic acids is 1. The number of hydrogen-bond acceptors (Lipinski definition) is 3. The summed E-state index contributed by atoms with van der Waals surface area (Å²) < 4.78 is 0. The molecule has 4 nitrogen and oxygen atoms in total. The van der Waals surface area contributed by atoms with Gasteiger partial charge in [0, 0.05) is 18.1 Å². The summed E-state index contributed by atoms with van der Waals surface area (Å²) in [7, 11) is 0. The molecule has 2 fully saturated rings. The zero-order valence-corrected chi connectivity index (χ0v) is 14.5. The van der Waals surface area contributed by atoms with Crippen molar-refractivity contribution < 1.29 is 4.79 Å². The van der Waals surface area contributed by atoms with Crippen molar-refractivity contribution in [3.05, 3.63) is 23.2 Å². The van der Waals surface area contributed by atoms with E-state index in [-0.39, 0.29) is 5.91 Å². The summed E-state index contributed by atoms with van der Waals surface area (Å²) in [5.74, 6) is 0.585. The van der Waals surface area contributed by atoms with Gasteiger partial charge in [0.2, 0.25) is 5.91 Å². The minimum Gasteiger partial charge on any atom is -0.370 e. The second-order valence-electron chi connectivity index (χ2n) is 7.17. The van der Waals surface area contributed by atoms with Gasteiger partial charge in [0.25, 0.3) is 0 Å². The lowest BCUT2D eigenvalue weighted by Gasteiger charge is -2.34. The van der Waals surface area contributed by atoms with Crippen LogP contribution in [0.4, 0.5) is 11.4 Å². The standard InChI is InChI=1S/C18H26ClN3O/c1-13-5-4-10-22(12-13)16-7-6-14(19)11-15(16)21-17(23)18(20)8-2-3-9-18/h6-7,11,13H,2-5,8-10,12,20H2,1H3,(H,21,23). The highest BCUT2D eigenvalue weighted by Gasteiger charge is 2.37. The van der Waals surface area contributed by atoms with Gasteiger partial charge < -0.3 is 16.0 Å². The summed E-state index contributed by atoms with van der Waals surface area (Å²) in [4.78, 5) is 15.0. The zero-order valence-electron chi connectivity index (χ0n) is 13.8. The minimum absolute atomic E-state index is 0.0800. The van der Waals surface area contributed by atoms with Crippen molar-refractivity contribution in [3.8, 4) is 0 Å². The highest BCUT2D eigenvalue weighted by Crippen LogP contribution is 2.34. The van der Waals surface area contributed by atoms with Crippen molar-refractivity contribution in [2.75, 3.05) is 23.3 Å². The van der Waals surface area contributed by atoms with Gasteiger partial charge in [-0.3, -0.25) is 4.79 Å². The molecular formula is C18H26ClN3O. The van der Waals surface area contributed by atoms with E-state index in [0.717, 1.165) is 50.1 Å². The average Bonchev–Trinajstić information content (AvgIpc) is 2.95. The van der Waals surface area contributed by atoms with Gasteiger partial charge >= 0.3 is 0 Å². The van der Waals surface area contributed by atoms with Crippen LogP contribution in [-0.4, -0.2) is 24.5 Å². The molecule has 3 N–H and O–H groups in total. The third-order valence-corrected chi connectivity index (χ3v) is 5.39. The van der Waals surface area contributed by atoms with Crippen molar-refractivity contribution in [3.63, 3.8) is 0 Å². The molecule has 3 rings (SSSR count). The molecule has 5 heteroatoms. The number of nitrogens with zero attached hydrogens (tertiary/aromatic N) is 1. The molecule has 0 bridgehead atoms. The Morgan fingerprint density at radius 2 is 2.09 bits per heavy atom. The molecule has 0 spiro atoms. The number of nitrogens with one attached hydrogen (secondary N) is 1. The van der Waals surface area contributed by atoms with Crippen LogP contribution >= 0.6 is 11.6 Å². The molecule has 126 valence electrons. The van der Waals surface area contributed by atoms with Crippen LogP contribution in [0.1, 0.15) is 45.4 Å². The van der Waals surface area contributed by atoms with Crippen LogP contribution in [0.5, 0.6) is 0 Å². The topological polar surface area (TPSA) is 58.4 Å². The maximum atomic E-state index is 12.6. The maximum absolute atomic E-state index is 12.6. The molecule has 1 amide bonds. The summed E-state index contributed by atoms with van der Waals surface area (Å²) >= 11 is 6.16. The second kappa shape index (κ2) is 6.70. The number of halogens is 1. The fourth-order valence-electron chi connectivity index (χ4n) is 3.77. The van der Waals surface area contributed by atoms with Crippen molar-refractivity contribution in [2.45, 2.75) is 51.0 Å². The third kappa shape index (κ3) is 3.64. The summed E-state index contributed by atoms with van der Waals surface area (Å²) in [6.07, 6.45) is 6.01.